The molecule has 0 aliphatic rings. The van der Waals surface area contributed by atoms with Crippen LogP contribution in [-0.2, 0) is 4.79 Å². The lowest BCUT2D eigenvalue weighted by atomic mass is 10.3. The number of carbonyl (C=O) groups is 1. The van der Waals surface area contributed by atoms with Gasteiger partial charge >= 0.3 is 0 Å². The summed E-state index contributed by atoms with van der Waals surface area (Å²) in [7, 11) is 1.70. The van der Waals surface area contributed by atoms with E-state index < -0.39 is 11.6 Å². The molecule has 3 nitrogen and oxygen atoms in total. The summed E-state index contributed by atoms with van der Waals surface area (Å²) >= 11 is 2.54. The maximum absolute atomic E-state index is 13.6. The molecule has 0 fully saturated rings. The first kappa shape index (κ1) is 17.8. The number of hydrogen-bond acceptors (Lipinski definition) is 4. The summed E-state index contributed by atoms with van der Waals surface area (Å²) < 4.78 is 27.9. The van der Waals surface area contributed by atoms with Crippen LogP contribution in [0.5, 0.6) is 0 Å². The molecular weight excluding hydrogens is 362 g/mol. The highest BCUT2D eigenvalue weighted by atomic mass is 32.2. The number of thioether (sulfide) groups is 1. The third-order valence-electron chi connectivity index (χ3n) is 3.89. The predicted octanol–water partition coefficient (Wildman–Crippen LogP) is 4.89. The van der Waals surface area contributed by atoms with Gasteiger partial charge in [0.05, 0.1) is 22.0 Å². The van der Waals surface area contributed by atoms with Crippen LogP contribution >= 0.6 is 23.1 Å². The van der Waals surface area contributed by atoms with E-state index in [1.54, 1.807) is 23.3 Å². The largest absolute Gasteiger partial charge is 0.336 e. The minimum absolute atomic E-state index is 0.0338. The molecule has 0 aliphatic carbocycles. The van der Waals surface area contributed by atoms with Gasteiger partial charge in [0.25, 0.3) is 0 Å². The van der Waals surface area contributed by atoms with E-state index in [1.165, 1.54) is 0 Å². The van der Waals surface area contributed by atoms with Gasteiger partial charge in [0.1, 0.15) is 16.6 Å². The summed E-state index contributed by atoms with van der Waals surface area (Å²) in [6, 6.07) is 10.8. The fourth-order valence-corrected chi connectivity index (χ4v) is 4.23. The molecule has 1 aromatic heterocycles. The van der Waals surface area contributed by atoms with Gasteiger partial charge in [0.2, 0.25) is 5.91 Å². The number of aromatic nitrogens is 1. The topological polar surface area (TPSA) is 33.2 Å². The first-order valence-corrected chi connectivity index (χ1v) is 9.45. The average molecular weight is 378 g/mol. The predicted molar refractivity (Wildman–Crippen MR) is 97.9 cm³/mol. The molecule has 0 unspecified atom stereocenters. The van der Waals surface area contributed by atoms with Gasteiger partial charge < -0.3 is 4.90 Å². The highest BCUT2D eigenvalue weighted by Crippen LogP contribution is 2.30. The molecule has 2 aromatic carbocycles. The van der Waals surface area contributed by atoms with Crippen molar-refractivity contribution < 1.29 is 13.6 Å². The summed E-state index contributed by atoms with van der Waals surface area (Å²) in [5, 5.41) is 0.846. The van der Waals surface area contributed by atoms with Crippen LogP contribution < -0.4 is 0 Å². The van der Waals surface area contributed by atoms with E-state index in [4.69, 9.17) is 0 Å². The number of thiazole rings is 1. The van der Waals surface area contributed by atoms with E-state index in [9.17, 15) is 13.6 Å². The lowest BCUT2D eigenvalue weighted by Gasteiger charge is -2.23. The Morgan fingerprint density at radius 1 is 1.28 bits per heavy atom. The zero-order chi connectivity index (χ0) is 18.0. The smallest absolute Gasteiger partial charge is 0.233 e. The number of nitrogens with zero attached hydrogens (tertiary/aromatic N) is 2. The van der Waals surface area contributed by atoms with Gasteiger partial charge in [-0.2, -0.15) is 0 Å². The normalized spacial score (nSPS) is 12.3. The summed E-state index contributed by atoms with van der Waals surface area (Å²) in [5.41, 5.74) is 0.909. The minimum Gasteiger partial charge on any atom is -0.336 e. The second kappa shape index (κ2) is 7.49. The average Bonchev–Trinajstić information content (AvgIpc) is 3.05. The molecule has 25 heavy (non-hydrogen) atoms. The number of benzene rings is 2. The zero-order valence-electron chi connectivity index (χ0n) is 13.7. The Morgan fingerprint density at radius 3 is 2.80 bits per heavy atom. The SMILES string of the molecule is C[C@@H](c1nc2ccccc2s1)N(C)C(=O)CSc1cc(F)ccc1F. The molecule has 130 valence electrons. The number of para-hydroxylation sites is 1. The van der Waals surface area contributed by atoms with E-state index in [0.717, 1.165) is 45.2 Å². The van der Waals surface area contributed by atoms with Crippen molar-refractivity contribution in [1.82, 2.24) is 9.88 Å². The highest BCUT2D eigenvalue weighted by molar-refractivity contribution is 8.00. The van der Waals surface area contributed by atoms with Crippen molar-refractivity contribution in [2.45, 2.75) is 17.9 Å². The van der Waals surface area contributed by atoms with Gasteiger partial charge in [-0.25, -0.2) is 13.8 Å². The van der Waals surface area contributed by atoms with Gasteiger partial charge in [-0.3, -0.25) is 4.79 Å². The summed E-state index contributed by atoms with van der Waals surface area (Å²) in [6.07, 6.45) is 0. The van der Waals surface area contributed by atoms with Crippen molar-refractivity contribution in [2.24, 2.45) is 0 Å². The van der Waals surface area contributed by atoms with Crippen molar-refractivity contribution in [3.05, 3.63) is 59.1 Å². The van der Waals surface area contributed by atoms with Crippen molar-refractivity contribution in [3.8, 4) is 0 Å². The van der Waals surface area contributed by atoms with E-state index in [0.29, 0.717) is 0 Å². The van der Waals surface area contributed by atoms with Crippen molar-refractivity contribution in [1.29, 1.82) is 0 Å². The van der Waals surface area contributed by atoms with Crippen molar-refractivity contribution in [3.63, 3.8) is 0 Å². The second-order valence-electron chi connectivity index (χ2n) is 5.56. The fourth-order valence-electron chi connectivity index (χ4n) is 2.28. The van der Waals surface area contributed by atoms with Gasteiger partial charge in [0, 0.05) is 11.9 Å². The van der Waals surface area contributed by atoms with E-state index in [2.05, 4.69) is 4.98 Å². The molecule has 0 saturated heterocycles. The first-order valence-electron chi connectivity index (χ1n) is 7.64. The molecule has 1 heterocycles. The third kappa shape index (κ3) is 3.99. The Bertz CT molecular complexity index is 880. The summed E-state index contributed by atoms with van der Waals surface area (Å²) in [6.45, 7) is 1.91. The Morgan fingerprint density at radius 2 is 2.04 bits per heavy atom. The summed E-state index contributed by atoms with van der Waals surface area (Å²) in [5.74, 6) is -1.18. The third-order valence-corrected chi connectivity index (χ3v) is 6.11. The van der Waals surface area contributed by atoms with E-state index >= 15 is 0 Å². The zero-order valence-corrected chi connectivity index (χ0v) is 15.3. The summed E-state index contributed by atoms with van der Waals surface area (Å²) in [4.78, 5) is 18.7. The van der Waals surface area contributed by atoms with E-state index in [-0.39, 0.29) is 22.6 Å². The molecule has 3 aromatic rings. The maximum atomic E-state index is 13.6. The first-order chi connectivity index (χ1) is 12.0. The molecule has 3 rings (SSSR count). The number of amides is 1. The minimum atomic E-state index is -0.527. The van der Waals surface area contributed by atoms with Gasteiger partial charge in [-0.05, 0) is 37.3 Å². The molecule has 0 bridgehead atoms. The molecule has 1 amide bonds. The monoisotopic (exact) mass is 378 g/mol. The van der Waals surface area contributed by atoms with Crippen LogP contribution in [0.3, 0.4) is 0 Å². The van der Waals surface area contributed by atoms with Crippen LogP contribution in [-0.4, -0.2) is 28.6 Å². The van der Waals surface area contributed by atoms with Crippen LogP contribution in [0.15, 0.2) is 47.4 Å². The van der Waals surface area contributed by atoms with Crippen LogP contribution in [0.1, 0.15) is 18.0 Å². The molecule has 0 aliphatic heterocycles. The van der Waals surface area contributed by atoms with Gasteiger partial charge in [-0.15, -0.1) is 23.1 Å². The van der Waals surface area contributed by atoms with Gasteiger partial charge in [0.15, 0.2) is 0 Å². The lowest BCUT2D eigenvalue weighted by molar-refractivity contribution is -0.128. The second-order valence-corrected chi connectivity index (χ2v) is 7.64. The number of rotatable bonds is 5. The Hall–Kier alpha value is -1.99. The molecule has 0 N–H and O–H groups in total. The molecule has 7 heteroatoms. The Labute approximate surface area is 152 Å². The van der Waals surface area contributed by atoms with Gasteiger partial charge in [-0.1, -0.05) is 12.1 Å². The Balaban J connectivity index is 1.67. The van der Waals surface area contributed by atoms with Crippen molar-refractivity contribution in [2.75, 3.05) is 12.8 Å². The molecule has 1 atom stereocenters. The number of carbonyl (C=O) groups excluding carboxylic acids is 1. The Kier molecular flexibility index (Phi) is 5.34. The maximum Gasteiger partial charge on any atom is 0.233 e. The number of fused-ring (bicyclic) bond motifs is 1. The van der Waals surface area contributed by atoms with Crippen LogP contribution in [0.25, 0.3) is 10.2 Å². The fraction of sp³-hybridized carbons (Fsp3) is 0.222. The van der Waals surface area contributed by atoms with Crippen LogP contribution in [0.2, 0.25) is 0 Å². The molecular formula is C18H16F2N2OS2. The van der Waals surface area contributed by atoms with Crippen molar-refractivity contribution >= 4 is 39.2 Å². The van der Waals surface area contributed by atoms with E-state index in [1.807, 2.05) is 31.2 Å². The standard InChI is InChI=1S/C18H16F2N2OS2/c1-11(18-21-14-5-3-4-6-15(14)25-18)22(2)17(23)10-24-16-9-12(19)7-8-13(16)20/h3-9,11H,10H2,1-2H3/t11-/m0/s1. The van der Waals surface area contributed by atoms with Crippen LogP contribution in [0, 0.1) is 11.6 Å². The van der Waals surface area contributed by atoms with Crippen LogP contribution in [0.4, 0.5) is 8.78 Å². The number of halogens is 2. The quantitative estimate of drug-likeness (QED) is 0.593. The molecule has 0 radical (unpaired) electrons. The lowest BCUT2D eigenvalue weighted by Crippen LogP contribution is -2.31. The molecule has 0 spiro atoms. The number of hydrogen-bond donors (Lipinski definition) is 0. The highest BCUT2D eigenvalue weighted by Gasteiger charge is 2.21. The molecule has 0 saturated carbocycles.